The summed E-state index contributed by atoms with van der Waals surface area (Å²) in [5.74, 6) is -0.259. The molecule has 1 N–H and O–H groups in total. The van der Waals surface area contributed by atoms with Gasteiger partial charge in [-0.2, -0.15) is 5.10 Å². The van der Waals surface area contributed by atoms with E-state index in [2.05, 4.69) is 10.5 Å². The molecular weight excluding hydrogens is 343 g/mol. The SMILES string of the molecule is Cc1ccc2ccccc2c1C(=O)N/N=C\c1ccc(Cl)cc1Cl. The number of hydrazone groups is 1. The highest BCUT2D eigenvalue weighted by Gasteiger charge is 2.12. The van der Waals surface area contributed by atoms with E-state index in [0.717, 1.165) is 16.3 Å². The van der Waals surface area contributed by atoms with Crippen molar-refractivity contribution in [3.05, 3.63) is 81.3 Å². The van der Waals surface area contributed by atoms with Crippen molar-refractivity contribution in [3.8, 4) is 0 Å². The standard InChI is InChI=1S/C19H14Cl2N2O/c1-12-6-7-13-4-2-3-5-16(13)18(12)19(24)23-22-11-14-8-9-15(20)10-17(14)21/h2-11H,1H3,(H,23,24)/b22-11-. The lowest BCUT2D eigenvalue weighted by Crippen LogP contribution is -2.19. The van der Waals surface area contributed by atoms with Gasteiger partial charge in [0.05, 0.1) is 16.8 Å². The first-order valence-corrected chi connectivity index (χ1v) is 8.08. The highest BCUT2D eigenvalue weighted by molar-refractivity contribution is 6.36. The van der Waals surface area contributed by atoms with Gasteiger partial charge in [0.15, 0.2) is 0 Å². The van der Waals surface area contributed by atoms with Crippen molar-refractivity contribution in [3.63, 3.8) is 0 Å². The van der Waals surface area contributed by atoms with Gasteiger partial charge < -0.3 is 0 Å². The summed E-state index contributed by atoms with van der Waals surface area (Å²) in [7, 11) is 0. The number of carbonyl (C=O) groups is 1. The summed E-state index contributed by atoms with van der Waals surface area (Å²) in [4.78, 5) is 12.5. The highest BCUT2D eigenvalue weighted by atomic mass is 35.5. The summed E-state index contributed by atoms with van der Waals surface area (Å²) >= 11 is 11.9. The summed E-state index contributed by atoms with van der Waals surface area (Å²) in [5, 5.41) is 6.94. The lowest BCUT2D eigenvalue weighted by atomic mass is 9.99. The van der Waals surface area contributed by atoms with Crippen LogP contribution in [0, 0.1) is 6.92 Å². The van der Waals surface area contributed by atoms with E-state index >= 15 is 0 Å². The molecular formula is C19H14Cl2N2O. The minimum Gasteiger partial charge on any atom is -0.267 e. The van der Waals surface area contributed by atoms with E-state index in [4.69, 9.17) is 23.2 Å². The van der Waals surface area contributed by atoms with Crippen LogP contribution in [0.2, 0.25) is 10.0 Å². The fraction of sp³-hybridized carbons (Fsp3) is 0.0526. The molecule has 0 heterocycles. The van der Waals surface area contributed by atoms with Crippen LogP contribution in [-0.2, 0) is 0 Å². The van der Waals surface area contributed by atoms with Crippen molar-refractivity contribution in [1.82, 2.24) is 5.43 Å². The van der Waals surface area contributed by atoms with Crippen LogP contribution in [0.4, 0.5) is 0 Å². The first-order chi connectivity index (χ1) is 11.6. The van der Waals surface area contributed by atoms with Gasteiger partial charge in [0, 0.05) is 10.6 Å². The fourth-order valence-electron chi connectivity index (χ4n) is 2.50. The molecule has 3 rings (SSSR count). The number of carbonyl (C=O) groups excluding carboxylic acids is 1. The summed E-state index contributed by atoms with van der Waals surface area (Å²) in [6.45, 7) is 1.90. The van der Waals surface area contributed by atoms with Gasteiger partial charge in [-0.05, 0) is 35.4 Å². The third kappa shape index (κ3) is 3.42. The zero-order valence-electron chi connectivity index (χ0n) is 12.9. The Morgan fingerprint density at radius 3 is 2.67 bits per heavy atom. The van der Waals surface area contributed by atoms with Crippen LogP contribution in [0.5, 0.6) is 0 Å². The Kier molecular flexibility index (Phi) is 4.84. The Morgan fingerprint density at radius 2 is 1.88 bits per heavy atom. The monoisotopic (exact) mass is 356 g/mol. The second-order valence-corrected chi connectivity index (χ2v) is 6.19. The molecule has 0 aliphatic carbocycles. The van der Waals surface area contributed by atoms with Crippen molar-refractivity contribution in [2.24, 2.45) is 5.10 Å². The van der Waals surface area contributed by atoms with Crippen molar-refractivity contribution in [2.75, 3.05) is 0 Å². The van der Waals surface area contributed by atoms with Crippen LogP contribution in [0.3, 0.4) is 0 Å². The Hall–Kier alpha value is -2.36. The zero-order chi connectivity index (χ0) is 17.1. The second kappa shape index (κ2) is 7.04. The minimum absolute atomic E-state index is 0.259. The molecule has 3 nitrogen and oxygen atoms in total. The van der Waals surface area contributed by atoms with Gasteiger partial charge in [-0.3, -0.25) is 4.79 Å². The quantitative estimate of drug-likeness (QED) is 0.507. The van der Waals surface area contributed by atoms with Crippen LogP contribution >= 0.6 is 23.2 Å². The molecule has 0 aliphatic heterocycles. The Bertz CT molecular complexity index is 951. The molecule has 0 aromatic heterocycles. The molecule has 0 saturated heterocycles. The Morgan fingerprint density at radius 1 is 1.08 bits per heavy atom. The number of aryl methyl sites for hydroxylation is 1. The number of halogens is 2. The van der Waals surface area contributed by atoms with Crippen molar-refractivity contribution >= 4 is 46.1 Å². The number of nitrogens with zero attached hydrogens (tertiary/aromatic N) is 1. The smallest absolute Gasteiger partial charge is 0.267 e. The average Bonchev–Trinajstić information content (AvgIpc) is 2.56. The van der Waals surface area contributed by atoms with Gasteiger partial charge >= 0.3 is 0 Å². The Labute approximate surface area is 149 Å². The largest absolute Gasteiger partial charge is 0.272 e. The maximum Gasteiger partial charge on any atom is 0.272 e. The van der Waals surface area contributed by atoms with Crippen LogP contribution in [0.15, 0.2) is 59.7 Å². The van der Waals surface area contributed by atoms with Crippen LogP contribution in [0.1, 0.15) is 21.5 Å². The van der Waals surface area contributed by atoms with Gasteiger partial charge in [-0.25, -0.2) is 5.43 Å². The molecule has 0 atom stereocenters. The van der Waals surface area contributed by atoms with E-state index in [1.54, 1.807) is 18.2 Å². The van der Waals surface area contributed by atoms with Gasteiger partial charge in [-0.15, -0.1) is 0 Å². The van der Waals surface area contributed by atoms with E-state index in [9.17, 15) is 4.79 Å². The first-order valence-electron chi connectivity index (χ1n) is 7.33. The number of fused-ring (bicyclic) bond motifs is 1. The molecule has 0 unspecified atom stereocenters. The number of nitrogens with one attached hydrogen (secondary N) is 1. The second-order valence-electron chi connectivity index (χ2n) is 5.34. The van der Waals surface area contributed by atoms with Crippen LogP contribution in [-0.4, -0.2) is 12.1 Å². The number of benzene rings is 3. The van der Waals surface area contributed by atoms with Crippen LogP contribution < -0.4 is 5.43 Å². The first kappa shape index (κ1) is 16.5. The average molecular weight is 357 g/mol. The predicted molar refractivity (Wildman–Crippen MR) is 100 cm³/mol. The molecule has 0 fully saturated rings. The topological polar surface area (TPSA) is 41.5 Å². The third-order valence-corrected chi connectivity index (χ3v) is 4.26. The zero-order valence-corrected chi connectivity index (χ0v) is 14.4. The molecule has 0 radical (unpaired) electrons. The molecule has 3 aromatic rings. The molecule has 24 heavy (non-hydrogen) atoms. The fourth-order valence-corrected chi connectivity index (χ4v) is 2.96. The van der Waals surface area contributed by atoms with E-state index < -0.39 is 0 Å². The predicted octanol–water partition coefficient (Wildman–Crippen LogP) is 5.22. The molecule has 3 aromatic carbocycles. The van der Waals surface area contributed by atoms with E-state index in [0.29, 0.717) is 21.2 Å². The molecule has 0 bridgehead atoms. The number of rotatable bonds is 3. The van der Waals surface area contributed by atoms with Gasteiger partial charge in [0.2, 0.25) is 0 Å². The van der Waals surface area contributed by atoms with Gasteiger partial charge in [0.25, 0.3) is 5.91 Å². The maximum absolute atomic E-state index is 12.5. The molecule has 0 aliphatic rings. The number of hydrogen-bond acceptors (Lipinski definition) is 2. The summed E-state index contributed by atoms with van der Waals surface area (Å²) in [6, 6.07) is 16.8. The molecule has 5 heteroatoms. The van der Waals surface area contributed by atoms with E-state index in [1.807, 2.05) is 43.3 Å². The minimum atomic E-state index is -0.259. The number of hydrogen-bond donors (Lipinski definition) is 1. The summed E-state index contributed by atoms with van der Waals surface area (Å²) < 4.78 is 0. The molecule has 0 saturated carbocycles. The molecule has 0 spiro atoms. The van der Waals surface area contributed by atoms with Crippen molar-refractivity contribution in [1.29, 1.82) is 0 Å². The summed E-state index contributed by atoms with van der Waals surface area (Å²) in [6.07, 6.45) is 1.50. The molecule has 120 valence electrons. The third-order valence-electron chi connectivity index (χ3n) is 3.70. The maximum atomic E-state index is 12.5. The van der Waals surface area contributed by atoms with Gasteiger partial charge in [-0.1, -0.05) is 65.7 Å². The normalized spacial score (nSPS) is 11.1. The van der Waals surface area contributed by atoms with E-state index in [1.165, 1.54) is 6.21 Å². The van der Waals surface area contributed by atoms with Crippen LogP contribution in [0.25, 0.3) is 10.8 Å². The lowest BCUT2D eigenvalue weighted by molar-refractivity contribution is 0.0956. The summed E-state index contributed by atoms with van der Waals surface area (Å²) in [5.41, 5.74) is 4.75. The molecule has 1 amide bonds. The highest BCUT2D eigenvalue weighted by Crippen LogP contribution is 2.22. The van der Waals surface area contributed by atoms with Gasteiger partial charge in [0.1, 0.15) is 0 Å². The Balaban J connectivity index is 1.85. The van der Waals surface area contributed by atoms with Crippen molar-refractivity contribution in [2.45, 2.75) is 6.92 Å². The van der Waals surface area contributed by atoms with E-state index in [-0.39, 0.29) is 5.91 Å². The lowest BCUT2D eigenvalue weighted by Gasteiger charge is -2.08. The van der Waals surface area contributed by atoms with Crippen molar-refractivity contribution < 1.29 is 4.79 Å². The number of amides is 1.